The Morgan fingerprint density at radius 3 is 1.18 bits per heavy atom. The van der Waals surface area contributed by atoms with Crippen molar-refractivity contribution in [2.45, 2.75) is 232 Å². The summed E-state index contributed by atoms with van der Waals surface area (Å²) in [5.41, 5.74) is 10.9. The molecule has 15 atom stereocenters. The quantitative estimate of drug-likeness (QED) is 0.0285. The molecule has 610 valence electrons. The molecule has 6 unspecified atom stereocenters. The van der Waals surface area contributed by atoms with Crippen LogP contribution in [0.25, 0.3) is 22.3 Å². The lowest BCUT2D eigenvalue weighted by atomic mass is 10.1. The normalized spacial score (nSPS) is 24.0. The van der Waals surface area contributed by atoms with Crippen LogP contribution in [0.3, 0.4) is 0 Å². The van der Waals surface area contributed by atoms with Gasteiger partial charge in [0.25, 0.3) is 29.0 Å². The van der Waals surface area contributed by atoms with E-state index in [1.54, 1.807) is 62.3 Å². The number of aromatic amines is 1. The van der Waals surface area contributed by atoms with Crippen molar-refractivity contribution in [1.29, 1.82) is 0 Å². The van der Waals surface area contributed by atoms with Gasteiger partial charge in [-0.3, -0.25) is 37.2 Å². The summed E-state index contributed by atoms with van der Waals surface area (Å²) in [4.78, 5) is 127. The number of aromatic nitrogens is 10. The van der Waals surface area contributed by atoms with Gasteiger partial charge in [0.05, 0.1) is 66.1 Å². The number of H-pyrrole nitrogens is 1. The third-order valence-electron chi connectivity index (χ3n) is 13.8. The molecule has 3 saturated heterocycles. The number of hydrogen-bond acceptors (Lipinski definition) is 38. The molecule has 0 saturated carbocycles. The number of nitrogens with one attached hydrogen (secondary N) is 1. The van der Waals surface area contributed by atoms with E-state index in [4.69, 9.17) is 120 Å². The largest absolute Gasteiger partial charge is 0.756 e. The van der Waals surface area contributed by atoms with Crippen molar-refractivity contribution in [2.75, 3.05) is 56.8 Å². The number of fused-ring (bicyclic) bond motifs is 2. The molecule has 0 bridgehead atoms. The number of phosphoric ester groups is 3. The number of nitrogen functional groups attached to an aromatic ring is 3. The molecule has 0 radical (unpaired) electrons. The van der Waals surface area contributed by atoms with Crippen molar-refractivity contribution >= 4 is 81.8 Å². The number of hydrogen-bond donors (Lipinski definition) is 4. The predicted molar refractivity (Wildman–Crippen MR) is 379 cm³/mol. The maximum atomic E-state index is 12.8. The van der Waals surface area contributed by atoms with E-state index in [0.29, 0.717) is 0 Å². The maximum absolute atomic E-state index is 12.8. The second kappa shape index (κ2) is 36.5. The van der Waals surface area contributed by atoms with Crippen LogP contribution in [0, 0.1) is 37.0 Å². The van der Waals surface area contributed by atoms with E-state index in [1.807, 2.05) is 20.8 Å². The van der Waals surface area contributed by atoms with E-state index < -0.39 is 174 Å². The summed E-state index contributed by atoms with van der Waals surface area (Å²) < 4.78 is 140. The zero-order valence-corrected chi connectivity index (χ0v) is 66.4. The number of ether oxygens (including phenoxy) is 12. The van der Waals surface area contributed by atoms with Gasteiger partial charge in [-0.1, -0.05) is 17.8 Å². The average Bonchev–Trinajstić information content (AvgIpc) is 1.62. The Hall–Kier alpha value is -8.24. The summed E-state index contributed by atoms with van der Waals surface area (Å²) in [6, 6.07) is 1.31. The van der Waals surface area contributed by atoms with E-state index in [2.05, 4.69) is 52.6 Å². The Balaban J connectivity index is 0.000000258. The minimum absolute atomic E-state index is 0.0192. The number of phosphoric acid groups is 3. The van der Waals surface area contributed by atoms with Crippen LogP contribution in [0.15, 0.2) is 40.8 Å². The number of carbonyl (C=O) groups is 3. The topological polar surface area (TPSA) is 558 Å². The molecule has 3 aliphatic rings. The second-order valence-corrected chi connectivity index (χ2v) is 33.9. The molecule has 8 rings (SSSR count). The number of anilines is 3. The average molecular weight is 1610 g/mol. The summed E-state index contributed by atoms with van der Waals surface area (Å²) >= 11 is 0. The highest BCUT2D eigenvalue weighted by atomic mass is 31.2. The molecule has 0 aliphatic carbocycles. The molecular formula is C65H93N13O29P3-3. The van der Waals surface area contributed by atoms with Crippen molar-refractivity contribution in [1.82, 2.24) is 48.6 Å². The monoisotopic (exact) mass is 1610 g/mol. The van der Waals surface area contributed by atoms with Crippen LogP contribution < -0.4 is 43.1 Å². The van der Waals surface area contributed by atoms with Crippen molar-refractivity contribution in [3.63, 3.8) is 0 Å². The van der Waals surface area contributed by atoms with Gasteiger partial charge in [-0.2, -0.15) is 9.97 Å². The van der Waals surface area contributed by atoms with Crippen molar-refractivity contribution < 1.29 is 127 Å². The lowest BCUT2D eigenvalue weighted by molar-refractivity contribution is -0.243. The highest BCUT2D eigenvalue weighted by Crippen LogP contribution is 2.52. The fourth-order valence-electron chi connectivity index (χ4n) is 10.0. The van der Waals surface area contributed by atoms with E-state index >= 15 is 0 Å². The molecule has 7 N–H and O–H groups in total. The minimum atomic E-state index is -5.00. The smallest absolute Gasteiger partial charge is 0.509 e. The molecule has 3 aliphatic heterocycles. The summed E-state index contributed by atoms with van der Waals surface area (Å²) in [6.07, 6.45) is 0.882. The lowest BCUT2D eigenvalue weighted by Crippen LogP contribution is -2.42. The molecule has 0 spiro atoms. The Morgan fingerprint density at radius 2 is 0.845 bits per heavy atom. The van der Waals surface area contributed by atoms with E-state index in [0.717, 1.165) is 4.57 Å². The minimum Gasteiger partial charge on any atom is -0.756 e. The predicted octanol–water partition coefficient (Wildman–Crippen LogP) is 4.54. The lowest BCUT2D eigenvalue weighted by Gasteiger charge is -2.35. The van der Waals surface area contributed by atoms with Gasteiger partial charge in [0.2, 0.25) is 5.95 Å². The molecule has 0 aromatic carbocycles. The van der Waals surface area contributed by atoms with Crippen LogP contribution in [-0.2, 0) is 97.7 Å². The Labute approximate surface area is 632 Å². The van der Waals surface area contributed by atoms with Crippen molar-refractivity contribution in [3.05, 3.63) is 52.1 Å². The van der Waals surface area contributed by atoms with Crippen molar-refractivity contribution in [3.8, 4) is 37.0 Å². The summed E-state index contributed by atoms with van der Waals surface area (Å²) in [6.45, 7) is 28.2. The van der Waals surface area contributed by atoms with Crippen LogP contribution in [0.1, 0.15) is 143 Å². The SMILES string of the molecule is C#CCOC(=O)O[C@H]1C(OP(=O)([O-])OC(C)(C)C)[C@@H](COC(C)(C)C)O[C@H]1n1ccc(N)nc1=O.C#CCOC(=O)O[C@H]1C(OP(=O)([O-])OC(C)(C)C)[C@@H](COC(C)(C)C)O[C@H]1n1cnc2c(=O)[nH]c(N)nc21.C#CCOC(=O)O[C@H]1C(OP(=O)([O-])OC(C)(C)C)[C@@H](COC(C)(C)C)O[C@H]1n1cnc2c(N)ncnc21. The zero-order chi connectivity index (χ0) is 82.7. The first-order valence-corrected chi connectivity index (χ1v) is 37.8. The number of imidazole rings is 2. The van der Waals surface area contributed by atoms with Crippen LogP contribution in [0.5, 0.6) is 0 Å². The van der Waals surface area contributed by atoms with Gasteiger partial charge < -0.3 is 116 Å². The number of carbonyl (C=O) groups excluding carboxylic acids is 3. The molecular weight excluding hydrogens is 1520 g/mol. The first-order chi connectivity index (χ1) is 50.6. The van der Waals surface area contributed by atoms with Crippen molar-refractivity contribution in [2.24, 2.45) is 0 Å². The van der Waals surface area contributed by atoms with Crippen LogP contribution in [0.2, 0.25) is 0 Å². The highest BCUT2D eigenvalue weighted by Gasteiger charge is 2.55. The summed E-state index contributed by atoms with van der Waals surface area (Å²) in [5, 5.41) is 0. The first kappa shape index (κ1) is 90.6. The van der Waals surface area contributed by atoms with Gasteiger partial charge in [-0.25, -0.2) is 39.1 Å². The van der Waals surface area contributed by atoms with Gasteiger partial charge >= 0.3 is 24.2 Å². The van der Waals surface area contributed by atoms with Crippen LogP contribution >= 0.6 is 23.5 Å². The van der Waals surface area contributed by atoms with Gasteiger partial charge in [-0.05, 0) is 131 Å². The van der Waals surface area contributed by atoms with E-state index in [9.17, 15) is 52.3 Å². The van der Waals surface area contributed by atoms with Gasteiger partial charge in [0, 0.05) is 6.20 Å². The Bertz CT molecular complexity index is 4420. The van der Waals surface area contributed by atoms with Gasteiger partial charge in [0.1, 0.15) is 54.3 Å². The Kier molecular flexibility index (Phi) is 30.1. The molecule has 110 heavy (non-hydrogen) atoms. The third kappa shape index (κ3) is 27.6. The summed E-state index contributed by atoms with van der Waals surface area (Å²) in [5.74, 6) is 6.21. The number of terminal acetylenes is 3. The maximum Gasteiger partial charge on any atom is 0.509 e. The molecule has 3 fully saturated rings. The first-order valence-electron chi connectivity index (χ1n) is 33.4. The molecule has 0 amide bonds. The third-order valence-corrected chi connectivity index (χ3v) is 17.7. The molecule has 42 nitrogen and oxygen atoms in total. The van der Waals surface area contributed by atoms with Crippen LogP contribution in [0.4, 0.5) is 32.0 Å². The van der Waals surface area contributed by atoms with E-state index in [1.165, 1.54) is 81.9 Å². The highest BCUT2D eigenvalue weighted by molar-refractivity contribution is 7.46. The standard InChI is InChI=1S/C22H32N5O10P.C22H32N5O9P.C21H32N3O10P/c1-8-9-32-20(29)35-15-14(36-38(30,31)37-22(5,6)7)12(10-33-21(2,3)4)34-18(15)27-11-24-13-16(27)25-19(23)26-17(13)28;1-8-9-31-20(28)34-16-15(35-37(29,30)36-22(5,6)7)13(10-32-21(2,3)4)33-19(16)27-12-26-14-17(23)24-11-25-18(14)27;1-8-11-29-19(26)32-16-15(33-35(27,28)34-21(5,6)7)13(12-30-20(2,3)4)31-17(16)24-10-9-14(22)23-18(24)25/h1,11-12,14-15,18H,9-10H2,2-7H3,(H,30,31)(H3,23,25,26,28);1,11-13,15-16,19H,9-10H2,2-7H3,(H,29,30)(H2,23,24,25);1,9-10,13,15-17H,11-12H2,2-7H3,(H,27,28)(H2,22,23,25)/p-3/t12-,14?,15+,18-;13-,15?,16+,19-;13-,15?,16+,17-/m111/s1. The molecule has 8 heterocycles. The number of rotatable bonds is 24. The van der Waals surface area contributed by atoms with Crippen LogP contribution in [-0.4, -0.2) is 195 Å². The van der Waals surface area contributed by atoms with Gasteiger partial charge in [-0.15, -0.1) is 19.3 Å². The number of nitrogens with zero attached hydrogens (tertiary/aromatic N) is 9. The second-order valence-electron chi connectivity index (χ2n) is 30.0. The molecule has 45 heteroatoms. The fourth-order valence-corrected chi connectivity index (χ4v) is 13.8. The number of nitrogens with two attached hydrogens (primary N) is 3. The summed E-state index contributed by atoms with van der Waals surface area (Å²) in [7, 11) is -14.9. The Morgan fingerprint density at radius 1 is 0.500 bits per heavy atom. The van der Waals surface area contributed by atoms with Gasteiger partial charge in [0.15, 0.2) is 79.4 Å². The molecule has 5 aromatic heterocycles. The zero-order valence-electron chi connectivity index (χ0n) is 63.7. The molecule has 5 aromatic rings. The van der Waals surface area contributed by atoms with E-state index in [-0.39, 0.29) is 66.3 Å². The fraction of sp³-hybridized carbons (Fsp3) is 0.646.